The van der Waals surface area contributed by atoms with Gasteiger partial charge in [-0.3, -0.25) is 18.8 Å². The number of hydrogen-bond acceptors (Lipinski definition) is 10. The lowest BCUT2D eigenvalue weighted by Gasteiger charge is -2.21. The van der Waals surface area contributed by atoms with Crippen molar-refractivity contribution in [2.45, 2.75) is 24.9 Å². The Kier molecular flexibility index (Phi) is 6.26. The number of nitrogens with two attached hydrogens (primary N) is 1. The molecular weight excluding hydrogens is 490 g/mol. The van der Waals surface area contributed by atoms with Crippen LogP contribution in [-0.4, -0.2) is 59.9 Å². The van der Waals surface area contributed by atoms with Crippen LogP contribution in [0.2, 0.25) is 0 Å². The minimum absolute atomic E-state index is 0.0395. The third-order valence-corrected chi connectivity index (χ3v) is 7.08. The Bertz CT molecular complexity index is 1580. The highest BCUT2D eigenvalue weighted by molar-refractivity contribution is 7.86. The van der Waals surface area contributed by atoms with Gasteiger partial charge >= 0.3 is 5.69 Å². The Balaban J connectivity index is 1.53. The molecule has 1 aliphatic rings. The largest absolute Gasteiger partial charge is 0.463 e. The molecule has 0 amide bonds. The summed E-state index contributed by atoms with van der Waals surface area (Å²) in [6.45, 7) is 2.12. The number of rotatable bonds is 9. The van der Waals surface area contributed by atoms with Gasteiger partial charge in [0.1, 0.15) is 18.1 Å². The quantitative estimate of drug-likeness (QED) is 0.251. The second-order valence-corrected chi connectivity index (χ2v) is 9.75. The molecule has 5 rings (SSSR count). The molecule has 4 heterocycles. The van der Waals surface area contributed by atoms with Gasteiger partial charge in [0, 0.05) is 7.11 Å². The topological polar surface area (TPSA) is 152 Å². The highest BCUT2D eigenvalue weighted by Crippen LogP contribution is 2.27. The van der Waals surface area contributed by atoms with Crippen LogP contribution in [0.5, 0.6) is 0 Å². The van der Waals surface area contributed by atoms with Gasteiger partial charge in [-0.05, 0) is 31.2 Å². The van der Waals surface area contributed by atoms with Crippen LogP contribution in [0.1, 0.15) is 17.0 Å². The zero-order valence-electron chi connectivity index (χ0n) is 19.7. The number of imidazole rings is 1. The lowest BCUT2D eigenvalue weighted by atomic mass is 10.2. The molecule has 14 heteroatoms. The number of anilines is 1. The smallest absolute Gasteiger partial charge is 0.346 e. The number of hydrogen-bond donors (Lipinski definition) is 1. The standard InChI is InChI=1S/C22H25N7O6S/c1-15-5-7-16(8-6-15)36(31,32)35-13-9-26-21-25-20-19(29(21)28(22(26)30)10-12-33-2)18(24-14-27(20)23)17-4-3-11-34-17/h3-8,11H,9-10,12-14,23H2,1-2H3. The molecule has 0 unspecified atom stereocenters. The van der Waals surface area contributed by atoms with E-state index in [1.54, 1.807) is 28.8 Å². The average Bonchev–Trinajstić information content (AvgIpc) is 3.57. The molecule has 3 aromatic heterocycles. The van der Waals surface area contributed by atoms with Gasteiger partial charge in [-0.1, -0.05) is 17.7 Å². The molecule has 4 aromatic rings. The van der Waals surface area contributed by atoms with Gasteiger partial charge in [0.2, 0.25) is 5.78 Å². The summed E-state index contributed by atoms with van der Waals surface area (Å²) in [7, 11) is -2.47. The van der Waals surface area contributed by atoms with Gasteiger partial charge in [0.05, 0.1) is 37.5 Å². The maximum absolute atomic E-state index is 13.4. The summed E-state index contributed by atoms with van der Waals surface area (Å²) in [5, 5.41) is 1.36. The number of benzene rings is 1. The summed E-state index contributed by atoms with van der Waals surface area (Å²) in [6, 6.07) is 9.82. The Labute approximate surface area is 206 Å². The molecule has 36 heavy (non-hydrogen) atoms. The minimum atomic E-state index is -4.00. The van der Waals surface area contributed by atoms with Crippen LogP contribution < -0.4 is 16.5 Å². The fraction of sp³-hybridized carbons (Fsp3) is 0.318. The summed E-state index contributed by atoms with van der Waals surface area (Å²) in [6.07, 6.45) is 1.53. The number of fused-ring (bicyclic) bond motifs is 3. The average molecular weight is 516 g/mol. The van der Waals surface area contributed by atoms with Gasteiger partial charge in [-0.2, -0.15) is 13.4 Å². The molecular formula is C22H25N7O6S. The van der Waals surface area contributed by atoms with E-state index in [-0.39, 0.29) is 43.6 Å². The van der Waals surface area contributed by atoms with Crippen molar-refractivity contribution in [3.63, 3.8) is 0 Å². The SMILES string of the molecule is COCCn1c(=O)n(CCOS(=O)(=O)c2ccc(C)cc2)c2nc3c(n21)C(c1ccco1)=NCN3N. The van der Waals surface area contributed by atoms with E-state index < -0.39 is 15.8 Å². The molecule has 1 aliphatic heterocycles. The van der Waals surface area contributed by atoms with E-state index in [1.807, 2.05) is 6.92 Å². The number of furan rings is 1. The normalized spacial score (nSPS) is 13.9. The van der Waals surface area contributed by atoms with Crippen LogP contribution in [0.25, 0.3) is 5.78 Å². The van der Waals surface area contributed by atoms with Crippen molar-refractivity contribution >= 4 is 27.4 Å². The molecule has 0 aliphatic carbocycles. The van der Waals surface area contributed by atoms with Crippen molar-refractivity contribution in [1.82, 2.24) is 18.7 Å². The number of ether oxygens (including phenoxy) is 1. The lowest BCUT2D eigenvalue weighted by molar-refractivity contribution is 0.180. The van der Waals surface area contributed by atoms with Crippen LogP contribution in [0.4, 0.5) is 5.82 Å². The number of methoxy groups -OCH3 is 1. The molecule has 0 spiro atoms. The third-order valence-electron chi connectivity index (χ3n) is 5.76. The summed E-state index contributed by atoms with van der Waals surface area (Å²) in [4.78, 5) is 22.5. The van der Waals surface area contributed by atoms with Crippen molar-refractivity contribution in [2.75, 3.05) is 32.0 Å². The summed E-state index contributed by atoms with van der Waals surface area (Å²) in [5.41, 5.74) is 1.48. The van der Waals surface area contributed by atoms with E-state index in [0.717, 1.165) is 5.56 Å². The number of aliphatic imine (C=N–C) groups is 1. The van der Waals surface area contributed by atoms with E-state index in [9.17, 15) is 13.2 Å². The molecule has 13 nitrogen and oxygen atoms in total. The van der Waals surface area contributed by atoms with Gasteiger partial charge in [0.15, 0.2) is 11.6 Å². The number of aryl methyl sites for hydroxylation is 1. The maximum Gasteiger partial charge on any atom is 0.346 e. The minimum Gasteiger partial charge on any atom is -0.463 e. The first kappa shape index (κ1) is 24.0. The molecule has 0 saturated heterocycles. The Hall–Kier alpha value is -3.72. The molecule has 1 aromatic carbocycles. The first-order chi connectivity index (χ1) is 17.3. The monoisotopic (exact) mass is 515 g/mol. The fourth-order valence-electron chi connectivity index (χ4n) is 3.99. The van der Waals surface area contributed by atoms with Crippen molar-refractivity contribution in [1.29, 1.82) is 0 Å². The third kappa shape index (κ3) is 4.13. The van der Waals surface area contributed by atoms with E-state index in [4.69, 9.17) is 19.2 Å². The van der Waals surface area contributed by atoms with Crippen LogP contribution in [0.15, 0.2) is 61.8 Å². The Morgan fingerprint density at radius 3 is 2.61 bits per heavy atom. The molecule has 2 N–H and O–H groups in total. The van der Waals surface area contributed by atoms with Crippen LogP contribution in [-0.2, 0) is 32.1 Å². The second-order valence-electron chi connectivity index (χ2n) is 8.13. The predicted octanol–water partition coefficient (Wildman–Crippen LogP) is 0.739. The zero-order chi connectivity index (χ0) is 25.4. The van der Waals surface area contributed by atoms with Gasteiger partial charge < -0.3 is 9.15 Å². The van der Waals surface area contributed by atoms with Crippen molar-refractivity contribution in [3.8, 4) is 0 Å². The predicted molar refractivity (Wildman–Crippen MR) is 130 cm³/mol. The van der Waals surface area contributed by atoms with Crippen molar-refractivity contribution < 1.29 is 21.8 Å². The highest BCUT2D eigenvalue weighted by atomic mass is 32.2. The molecule has 0 atom stereocenters. The van der Waals surface area contributed by atoms with Crippen LogP contribution >= 0.6 is 0 Å². The van der Waals surface area contributed by atoms with Crippen molar-refractivity contribution in [3.05, 3.63) is 70.2 Å². The Morgan fingerprint density at radius 1 is 1.14 bits per heavy atom. The number of aromatic nitrogens is 4. The second kappa shape index (κ2) is 9.39. The van der Waals surface area contributed by atoms with Gasteiger partial charge in [-0.15, -0.1) is 0 Å². The summed E-state index contributed by atoms with van der Waals surface area (Å²) >= 11 is 0. The molecule has 0 saturated carbocycles. The summed E-state index contributed by atoms with van der Waals surface area (Å²) in [5.74, 6) is 7.31. The lowest BCUT2D eigenvalue weighted by Crippen LogP contribution is -2.37. The zero-order valence-corrected chi connectivity index (χ0v) is 20.5. The van der Waals surface area contributed by atoms with Crippen LogP contribution in [0, 0.1) is 6.92 Å². The van der Waals surface area contributed by atoms with Gasteiger partial charge in [-0.25, -0.2) is 19.8 Å². The number of hydrazine groups is 1. The molecule has 0 bridgehead atoms. The van der Waals surface area contributed by atoms with E-state index in [2.05, 4.69) is 9.98 Å². The first-order valence-electron chi connectivity index (χ1n) is 11.1. The number of nitrogens with zero attached hydrogens (tertiary/aromatic N) is 6. The molecule has 190 valence electrons. The van der Waals surface area contributed by atoms with Gasteiger partial charge in [0.25, 0.3) is 10.1 Å². The maximum atomic E-state index is 13.4. The first-order valence-corrected chi connectivity index (χ1v) is 12.5. The Morgan fingerprint density at radius 2 is 1.92 bits per heavy atom. The van der Waals surface area contributed by atoms with E-state index >= 15 is 0 Å². The summed E-state index contributed by atoms with van der Waals surface area (Å²) < 4.78 is 45.6. The van der Waals surface area contributed by atoms with E-state index in [1.165, 1.54) is 39.8 Å². The van der Waals surface area contributed by atoms with E-state index in [0.29, 0.717) is 23.0 Å². The van der Waals surface area contributed by atoms with Crippen LogP contribution in [0.3, 0.4) is 0 Å². The fourth-order valence-corrected chi connectivity index (χ4v) is 4.89. The molecule has 0 fully saturated rings. The highest BCUT2D eigenvalue weighted by Gasteiger charge is 2.31. The van der Waals surface area contributed by atoms with Crippen molar-refractivity contribution in [2.24, 2.45) is 10.8 Å². The molecule has 0 radical (unpaired) electrons.